The van der Waals surface area contributed by atoms with Gasteiger partial charge in [0.25, 0.3) is 0 Å². The first-order valence-corrected chi connectivity index (χ1v) is 5.36. The molecule has 0 unspecified atom stereocenters. The van der Waals surface area contributed by atoms with Gasteiger partial charge in [0.05, 0.1) is 0 Å². The fourth-order valence-electron chi connectivity index (χ4n) is 2.06. The van der Waals surface area contributed by atoms with E-state index in [0.29, 0.717) is 12.3 Å². The molecule has 0 aromatic heterocycles. The highest BCUT2D eigenvalue weighted by molar-refractivity contribution is 5.73. The monoisotopic (exact) mass is 204 g/mol. The average molecular weight is 204 g/mol. The number of para-hydroxylation sites is 1. The molecule has 0 saturated carbocycles. The lowest BCUT2D eigenvalue weighted by Gasteiger charge is -2.25. The van der Waals surface area contributed by atoms with Gasteiger partial charge in [0, 0.05) is 18.7 Å². The molecule has 1 amide bonds. The molecule has 0 bridgehead atoms. The van der Waals surface area contributed by atoms with Crippen LogP contribution >= 0.6 is 0 Å². The largest absolute Gasteiger partial charge is 0.385 e. The lowest BCUT2D eigenvalue weighted by Crippen LogP contribution is -2.24. The van der Waals surface area contributed by atoms with Gasteiger partial charge in [-0.1, -0.05) is 18.2 Å². The smallest absolute Gasteiger partial charge is 0.217 e. The molecular formula is C12H16N2O. The van der Waals surface area contributed by atoms with E-state index in [2.05, 4.69) is 23.5 Å². The number of amides is 1. The van der Waals surface area contributed by atoms with Crippen LogP contribution in [0.5, 0.6) is 0 Å². The highest BCUT2D eigenvalue weighted by Crippen LogP contribution is 2.26. The van der Waals surface area contributed by atoms with Crippen LogP contribution in [0, 0.1) is 5.92 Å². The minimum absolute atomic E-state index is 0.200. The summed E-state index contributed by atoms with van der Waals surface area (Å²) in [5, 5.41) is 3.38. The van der Waals surface area contributed by atoms with Gasteiger partial charge in [0.2, 0.25) is 5.91 Å². The normalized spacial score (nSPS) is 19.1. The maximum atomic E-state index is 10.7. The number of carbonyl (C=O) groups is 1. The first-order valence-electron chi connectivity index (χ1n) is 5.36. The summed E-state index contributed by atoms with van der Waals surface area (Å²) in [6.45, 7) is 0.949. The third-order valence-corrected chi connectivity index (χ3v) is 2.91. The number of hydrogen-bond acceptors (Lipinski definition) is 2. The van der Waals surface area contributed by atoms with Gasteiger partial charge >= 0.3 is 0 Å². The van der Waals surface area contributed by atoms with Crippen LogP contribution < -0.4 is 11.1 Å². The molecule has 1 aromatic rings. The van der Waals surface area contributed by atoms with Crippen molar-refractivity contribution in [2.75, 3.05) is 11.9 Å². The molecule has 3 heteroatoms. The Kier molecular flexibility index (Phi) is 2.90. The molecule has 0 spiro atoms. The van der Waals surface area contributed by atoms with Crippen molar-refractivity contribution in [1.29, 1.82) is 0 Å². The van der Waals surface area contributed by atoms with E-state index in [1.54, 1.807) is 0 Å². The van der Waals surface area contributed by atoms with Crippen molar-refractivity contribution < 1.29 is 4.79 Å². The fraction of sp³-hybridized carbons (Fsp3) is 0.417. The molecule has 0 aliphatic carbocycles. The molecule has 1 aliphatic heterocycles. The molecule has 1 atom stereocenters. The summed E-state index contributed by atoms with van der Waals surface area (Å²) in [7, 11) is 0. The molecule has 1 aromatic carbocycles. The number of primary amides is 1. The maximum Gasteiger partial charge on any atom is 0.217 e. The van der Waals surface area contributed by atoms with Crippen molar-refractivity contribution >= 4 is 11.6 Å². The van der Waals surface area contributed by atoms with Crippen molar-refractivity contribution in [2.45, 2.75) is 19.3 Å². The van der Waals surface area contributed by atoms with Crippen LogP contribution in [0.4, 0.5) is 5.69 Å². The standard InChI is InChI=1S/C12H16N2O/c13-12(15)6-5-9-7-10-3-1-2-4-11(10)14-8-9/h1-4,9,14H,5-8H2,(H2,13,15)/t9-/m0/s1. The van der Waals surface area contributed by atoms with Crippen LogP contribution in [0.25, 0.3) is 0 Å². The molecule has 3 N–H and O–H groups in total. The summed E-state index contributed by atoms with van der Waals surface area (Å²) in [5.41, 5.74) is 7.72. The van der Waals surface area contributed by atoms with Crippen molar-refractivity contribution in [3.05, 3.63) is 29.8 Å². The quantitative estimate of drug-likeness (QED) is 0.784. The predicted molar refractivity (Wildman–Crippen MR) is 60.6 cm³/mol. The molecule has 80 valence electrons. The minimum atomic E-state index is -0.200. The summed E-state index contributed by atoms with van der Waals surface area (Å²) in [4.78, 5) is 10.7. The van der Waals surface area contributed by atoms with Crippen LogP contribution in [0.15, 0.2) is 24.3 Å². The molecule has 0 fully saturated rings. The Morgan fingerprint density at radius 3 is 3.07 bits per heavy atom. The molecule has 1 aliphatic rings. The lowest BCUT2D eigenvalue weighted by molar-refractivity contribution is -0.118. The van der Waals surface area contributed by atoms with Gasteiger partial charge in [-0.15, -0.1) is 0 Å². The second-order valence-corrected chi connectivity index (χ2v) is 4.11. The van der Waals surface area contributed by atoms with Gasteiger partial charge in [0.15, 0.2) is 0 Å². The third kappa shape index (κ3) is 2.49. The topological polar surface area (TPSA) is 55.1 Å². The number of anilines is 1. The van der Waals surface area contributed by atoms with E-state index in [1.807, 2.05) is 6.07 Å². The Labute approximate surface area is 89.7 Å². The van der Waals surface area contributed by atoms with E-state index in [1.165, 1.54) is 11.3 Å². The van der Waals surface area contributed by atoms with E-state index >= 15 is 0 Å². The van der Waals surface area contributed by atoms with Crippen LogP contribution in [-0.2, 0) is 11.2 Å². The fourth-order valence-corrected chi connectivity index (χ4v) is 2.06. The first kappa shape index (κ1) is 10.0. The third-order valence-electron chi connectivity index (χ3n) is 2.91. The second-order valence-electron chi connectivity index (χ2n) is 4.11. The highest BCUT2D eigenvalue weighted by Gasteiger charge is 2.17. The molecule has 0 radical (unpaired) electrons. The molecule has 2 rings (SSSR count). The van der Waals surface area contributed by atoms with Gasteiger partial charge in [-0.3, -0.25) is 4.79 Å². The highest BCUT2D eigenvalue weighted by atomic mass is 16.1. The van der Waals surface area contributed by atoms with E-state index in [4.69, 9.17) is 5.73 Å². The number of rotatable bonds is 3. The second kappa shape index (κ2) is 4.34. The van der Waals surface area contributed by atoms with Gasteiger partial charge in [0.1, 0.15) is 0 Å². The Bertz CT molecular complexity index is 362. The van der Waals surface area contributed by atoms with Crippen molar-refractivity contribution in [2.24, 2.45) is 11.7 Å². The minimum Gasteiger partial charge on any atom is -0.385 e. The number of nitrogens with two attached hydrogens (primary N) is 1. The molecule has 3 nitrogen and oxygen atoms in total. The van der Waals surface area contributed by atoms with Gasteiger partial charge in [-0.05, 0) is 30.4 Å². The number of hydrogen-bond donors (Lipinski definition) is 2. The van der Waals surface area contributed by atoms with E-state index < -0.39 is 0 Å². The Morgan fingerprint density at radius 2 is 2.27 bits per heavy atom. The van der Waals surface area contributed by atoms with E-state index in [9.17, 15) is 4.79 Å². The summed E-state index contributed by atoms with van der Waals surface area (Å²) in [6.07, 6.45) is 2.43. The Balaban J connectivity index is 1.96. The Morgan fingerprint density at radius 1 is 1.47 bits per heavy atom. The zero-order chi connectivity index (χ0) is 10.7. The number of benzene rings is 1. The zero-order valence-corrected chi connectivity index (χ0v) is 8.70. The predicted octanol–water partition coefficient (Wildman–Crippen LogP) is 1.54. The summed E-state index contributed by atoms with van der Waals surface area (Å²) in [5.74, 6) is 0.334. The zero-order valence-electron chi connectivity index (χ0n) is 8.70. The van der Waals surface area contributed by atoms with E-state index in [-0.39, 0.29) is 5.91 Å². The van der Waals surface area contributed by atoms with Crippen LogP contribution in [-0.4, -0.2) is 12.5 Å². The Hall–Kier alpha value is -1.51. The molecule has 15 heavy (non-hydrogen) atoms. The van der Waals surface area contributed by atoms with Gasteiger partial charge < -0.3 is 11.1 Å². The summed E-state index contributed by atoms with van der Waals surface area (Å²) >= 11 is 0. The molecule has 0 saturated heterocycles. The summed E-state index contributed by atoms with van der Waals surface area (Å²) < 4.78 is 0. The lowest BCUT2D eigenvalue weighted by atomic mass is 9.90. The van der Waals surface area contributed by atoms with Gasteiger partial charge in [-0.25, -0.2) is 0 Å². The SMILES string of the molecule is NC(=O)CC[C@@H]1CNc2ccccc2C1. The molecule has 1 heterocycles. The van der Waals surface area contributed by atoms with Crippen LogP contribution in [0.2, 0.25) is 0 Å². The van der Waals surface area contributed by atoms with Crippen LogP contribution in [0.3, 0.4) is 0 Å². The number of carbonyl (C=O) groups excluding carboxylic acids is 1. The average Bonchev–Trinajstić information content (AvgIpc) is 2.26. The van der Waals surface area contributed by atoms with Crippen molar-refractivity contribution in [1.82, 2.24) is 0 Å². The van der Waals surface area contributed by atoms with Crippen molar-refractivity contribution in [3.63, 3.8) is 0 Å². The van der Waals surface area contributed by atoms with Crippen molar-refractivity contribution in [3.8, 4) is 0 Å². The number of fused-ring (bicyclic) bond motifs is 1. The first-order chi connectivity index (χ1) is 7.25. The van der Waals surface area contributed by atoms with E-state index in [0.717, 1.165) is 19.4 Å². The summed E-state index contributed by atoms with van der Waals surface area (Å²) in [6, 6.07) is 8.32. The van der Waals surface area contributed by atoms with Gasteiger partial charge in [-0.2, -0.15) is 0 Å². The number of nitrogens with one attached hydrogen (secondary N) is 1. The maximum absolute atomic E-state index is 10.7. The molecular weight excluding hydrogens is 188 g/mol. The van der Waals surface area contributed by atoms with Crippen LogP contribution in [0.1, 0.15) is 18.4 Å².